The Morgan fingerprint density at radius 1 is 0.415 bits per heavy atom. The molecule has 0 radical (unpaired) electrons. The van der Waals surface area contributed by atoms with Crippen LogP contribution in [0.5, 0.6) is 0 Å². The topological polar surface area (TPSA) is 130 Å². The molecule has 0 atom stereocenters. The van der Waals surface area contributed by atoms with E-state index in [9.17, 15) is 0 Å². The van der Waals surface area contributed by atoms with Crippen molar-refractivity contribution in [2.45, 2.75) is 0 Å². The molecule has 3 aliphatic rings. The summed E-state index contributed by atoms with van der Waals surface area (Å²) in [6, 6.07) is 47.4. The molecular formula is C43H32B2Cl3F2FeN6O6PS. The maximum Gasteiger partial charge on any atom is 2.00 e. The van der Waals surface area contributed by atoms with Crippen molar-refractivity contribution in [1.29, 1.82) is 0 Å². The molecular weight excluding hydrogens is 981 g/mol. The molecule has 0 saturated carbocycles. The number of benzene rings is 6. The molecule has 0 spiro atoms. The Kier molecular flexibility index (Phi) is 17.1. The smallest absolute Gasteiger partial charge is 0.509 e. The van der Waals surface area contributed by atoms with Crippen LogP contribution >= 0.6 is 40.8 Å². The molecule has 0 saturated heterocycles. The molecule has 3 aliphatic heterocycles. The van der Waals surface area contributed by atoms with Gasteiger partial charge < -0.3 is 37.2 Å². The molecule has 12 nitrogen and oxygen atoms in total. The standard InChI is InChI=1S/C42H30B2ClF2N6O6PS.CH2Cl2.Fe/c45-41-42(60(61,35-27-15-5-16-28-35)36-29-17-6-18-30-36)53-59-44(47)56-50-39(33-23-11-3-12-24-33)37(31-19-7-1-8-20-31)48-54-43(46,58-52-41)55-49-38(32-21-9-2-10-22-32)40(51-57-44)34-25-13-4-14-26-34;2-1-3;/h1-30H;1H2;/q-2;;+2/b48-37+,49-38+,50-39+,51-40+,52-41-,53-42-;;. The van der Waals surface area contributed by atoms with Crippen molar-refractivity contribution in [2.75, 3.05) is 5.34 Å². The van der Waals surface area contributed by atoms with Crippen LogP contribution in [-0.2, 0) is 57.4 Å². The molecule has 3 heterocycles. The van der Waals surface area contributed by atoms with Crippen molar-refractivity contribution in [1.82, 2.24) is 0 Å². The molecule has 6 aromatic rings. The second-order valence-electron chi connectivity index (χ2n) is 13.1. The largest absolute Gasteiger partial charge is 2.00 e. The Labute approximate surface area is 403 Å². The minimum Gasteiger partial charge on any atom is -0.509 e. The van der Waals surface area contributed by atoms with E-state index in [1.807, 2.05) is 0 Å². The van der Waals surface area contributed by atoms with Gasteiger partial charge in [-0.05, 0) is 10.6 Å². The normalized spacial score (nSPS) is 23.5. The summed E-state index contributed by atoms with van der Waals surface area (Å²) in [5.74, 6) is 0. The molecule has 9 rings (SSSR count). The summed E-state index contributed by atoms with van der Waals surface area (Å²) in [6.45, 7) is 0. The van der Waals surface area contributed by atoms with Gasteiger partial charge in [0.1, 0.15) is 22.8 Å². The van der Waals surface area contributed by atoms with Crippen LogP contribution < -0.4 is 10.6 Å². The van der Waals surface area contributed by atoms with Gasteiger partial charge >= 0.3 is 31.1 Å². The first kappa shape index (κ1) is 48.6. The van der Waals surface area contributed by atoms with Gasteiger partial charge in [-0.1, -0.05) is 205 Å². The van der Waals surface area contributed by atoms with Gasteiger partial charge in [-0.3, -0.25) is 0 Å². The Morgan fingerprint density at radius 3 is 0.923 bits per heavy atom. The van der Waals surface area contributed by atoms with Crippen LogP contribution in [0.1, 0.15) is 22.3 Å². The summed E-state index contributed by atoms with van der Waals surface area (Å²) in [7, 11) is -9.46. The molecule has 0 aromatic heterocycles. The van der Waals surface area contributed by atoms with E-state index in [4.69, 9.17) is 75.1 Å². The summed E-state index contributed by atoms with van der Waals surface area (Å²) >= 11 is 22.8. The number of hydrogen-bond acceptors (Lipinski definition) is 13. The predicted molar refractivity (Wildman–Crippen MR) is 256 cm³/mol. The van der Waals surface area contributed by atoms with Crippen molar-refractivity contribution in [3.8, 4) is 0 Å². The predicted octanol–water partition coefficient (Wildman–Crippen LogP) is 9.96. The summed E-state index contributed by atoms with van der Waals surface area (Å²) in [4.78, 5) is 0. The second kappa shape index (κ2) is 22.9. The van der Waals surface area contributed by atoms with E-state index in [-0.39, 0.29) is 50.7 Å². The second-order valence-corrected chi connectivity index (χ2v) is 18.6. The summed E-state index contributed by atoms with van der Waals surface area (Å²) in [6.07, 6.45) is 0. The Balaban J connectivity index is 0.00000170. The number of fused-ring (bicyclic) bond motifs is 9. The van der Waals surface area contributed by atoms with Gasteiger partial charge in [-0.25, -0.2) is 0 Å². The molecule has 0 aliphatic carbocycles. The Morgan fingerprint density at radius 2 is 0.646 bits per heavy atom. The Bertz CT molecular complexity index is 2610. The van der Waals surface area contributed by atoms with Crippen LogP contribution in [0.15, 0.2) is 213 Å². The molecule has 6 aromatic carbocycles. The van der Waals surface area contributed by atoms with Crippen LogP contribution in [0.2, 0.25) is 0 Å². The first-order chi connectivity index (χ1) is 31.2. The zero-order valence-corrected chi connectivity index (χ0v) is 38.5. The van der Waals surface area contributed by atoms with E-state index in [0.717, 1.165) is 0 Å². The first-order valence-electron chi connectivity index (χ1n) is 19.1. The maximum atomic E-state index is 17.9. The van der Waals surface area contributed by atoms with E-state index in [1.165, 1.54) is 0 Å². The van der Waals surface area contributed by atoms with Crippen LogP contribution in [0.4, 0.5) is 8.63 Å². The molecule has 22 heteroatoms. The zero-order valence-electron chi connectivity index (χ0n) is 33.4. The van der Waals surface area contributed by atoms with Crippen molar-refractivity contribution in [3.63, 3.8) is 0 Å². The van der Waals surface area contributed by atoms with E-state index in [1.54, 1.807) is 182 Å². The van der Waals surface area contributed by atoms with Crippen molar-refractivity contribution in [2.24, 2.45) is 30.9 Å². The fraction of sp³-hybridized carbons (Fsp3) is 0.0233. The molecule has 65 heavy (non-hydrogen) atoms. The fourth-order valence-corrected chi connectivity index (χ4v) is 10.2. The van der Waals surface area contributed by atoms with Gasteiger partial charge in [0.25, 0.3) is 0 Å². The van der Waals surface area contributed by atoms with Gasteiger partial charge in [0, 0.05) is 22.3 Å². The van der Waals surface area contributed by atoms with E-state index in [2.05, 4.69) is 30.9 Å². The summed E-state index contributed by atoms with van der Waals surface area (Å²) < 4.78 is 69.0. The number of halogens is 5. The molecule has 2 bridgehead atoms. The van der Waals surface area contributed by atoms with Crippen LogP contribution in [-0.4, -0.2) is 52.9 Å². The van der Waals surface area contributed by atoms with Crippen molar-refractivity contribution >= 4 is 111 Å². The third kappa shape index (κ3) is 11.9. The van der Waals surface area contributed by atoms with Gasteiger partial charge in [0.2, 0.25) is 0 Å². The SMILES string of the molecule is ClCCl.F[B-]12O/N=C(Cl)/C(P(=S)(c3ccccc3)c3ccccc3)=N/O[B-](F)(O/N=C(c3ccccc3)/C(c3ccccc3)=N/O1)O/N=C(c1ccccc1)/C(c1ccccc1)=N/O2.[Fe+2]. The molecule has 0 unspecified atom stereocenters. The third-order valence-electron chi connectivity index (χ3n) is 8.96. The molecule has 330 valence electrons. The number of alkyl halides is 2. The average molecular weight is 1010 g/mol. The monoisotopic (exact) mass is 1010 g/mol. The number of rotatable bonds is 7. The van der Waals surface area contributed by atoms with Crippen molar-refractivity contribution in [3.05, 3.63) is 204 Å². The number of nitrogens with zero attached hydrogens (tertiary/aromatic N) is 6. The molecule has 0 fully saturated rings. The molecule has 0 N–H and O–H groups in total. The van der Waals surface area contributed by atoms with Crippen LogP contribution in [0, 0.1) is 0 Å². The third-order valence-corrected chi connectivity index (χ3v) is 14.1. The van der Waals surface area contributed by atoms with E-state index in [0.29, 0.717) is 32.9 Å². The Hall–Kier alpha value is -5.83. The number of oxime groups is 6. The fourth-order valence-electron chi connectivity index (χ4n) is 6.05. The average Bonchev–Trinajstić information content (AvgIpc) is 3.34. The maximum absolute atomic E-state index is 17.9. The van der Waals surface area contributed by atoms with Gasteiger partial charge in [-0.2, -0.15) is 0 Å². The van der Waals surface area contributed by atoms with Crippen LogP contribution in [0.3, 0.4) is 0 Å². The van der Waals surface area contributed by atoms with Crippen LogP contribution in [0.25, 0.3) is 0 Å². The zero-order chi connectivity index (χ0) is 44.8. The minimum absolute atomic E-state index is 0. The summed E-state index contributed by atoms with van der Waals surface area (Å²) in [5, 5.41) is 25.3. The quantitative estimate of drug-likeness (QED) is 0.0885. The number of hydrogen-bond donors (Lipinski definition) is 0. The van der Waals surface area contributed by atoms with E-state index >= 15 is 8.63 Å². The minimum atomic E-state index is -4.74. The first-order valence-corrected chi connectivity index (χ1v) is 23.3. The van der Waals surface area contributed by atoms with Gasteiger partial charge in [0.05, 0.1) is 11.4 Å². The van der Waals surface area contributed by atoms with Crippen molar-refractivity contribution < 1.29 is 54.2 Å². The van der Waals surface area contributed by atoms with Gasteiger partial charge in [-0.15, -0.1) is 54.1 Å². The van der Waals surface area contributed by atoms with E-state index < -0.39 is 25.3 Å². The molecule has 0 amide bonds. The van der Waals surface area contributed by atoms with Gasteiger partial charge in [0.15, 0.2) is 10.6 Å². The summed E-state index contributed by atoms with van der Waals surface area (Å²) in [5.41, 5.74) is 0.171.